The van der Waals surface area contributed by atoms with Crippen molar-refractivity contribution >= 4 is 6.09 Å². The number of aliphatic hydroxyl groups excluding tert-OH is 1. The maximum Gasteiger partial charge on any atom is 0.410 e. The van der Waals surface area contributed by atoms with E-state index in [-0.39, 0.29) is 24.8 Å². The van der Waals surface area contributed by atoms with Gasteiger partial charge in [0.05, 0.1) is 18.9 Å². The Kier molecular flexibility index (Phi) is 6.07. The molecule has 1 amide bonds. The number of likely N-dealkylation sites (tertiary alicyclic amines) is 1. The van der Waals surface area contributed by atoms with Crippen molar-refractivity contribution in [2.75, 3.05) is 19.7 Å². The zero-order chi connectivity index (χ0) is 16.9. The highest BCUT2D eigenvalue weighted by Crippen LogP contribution is 2.19. The van der Waals surface area contributed by atoms with Gasteiger partial charge in [-0.1, -0.05) is 0 Å². The quantitative estimate of drug-likeness (QED) is 0.890. The van der Waals surface area contributed by atoms with E-state index < -0.39 is 5.60 Å². The molecule has 6 heteroatoms. The topological polar surface area (TPSA) is 74.9 Å². The first-order valence-electron chi connectivity index (χ1n) is 8.27. The van der Waals surface area contributed by atoms with E-state index in [4.69, 9.17) is 9.15 Å². The minimum absolute atomic E-state index is 0.0141. The average molecular weight is 324 g/mol. The molecule has 1 aromatic rings. The second kappa shape index (κ2) is 7.84. The summed E-state index contributed by atoms with van der Waals surface area (Å²) in [4.78, 5) is 13.9. The highest BCUT2D eigenvalue weighted by Gasteiger charge is 2.26. The summed E-state index contributed by atoms with van der Waals surface area (Å²) in [7, 11) is 0. The molecule has 6 nitrogen and oxygen atoms in total. The summed E-state index contributed by atoms with van der Waals surface area (Å²) in [5, 5.41) is 13.0. The highest BCUT2D eigenvalue weighted by atomic mass is 16.6. The fourth-order valence-corrected chi connectivity index (χ4v) is 2.77. The number of amides is 1. The molecule has 2 N–H and O–H groups in total. The second-order valence-electron chi connectivity index (χ2n) is 7.01. The summed E-state index contributed by atoms with van der Waals surface area (Å²) < 4.78 is 10.8. The molecule has 1 aliphatic rings. The largest absolute Gasteiger partial charge is 0.468 e. The molecule has 130 valence electrons. The third-order valence-electron chi connectivity index (χ3n) is 3.89. The van der Waals surface area contributed by atoms with Crippen LogP contribution in [-0.2, 0) is 4.74 Å². The predicted molar refractivity (Wildman–Crippen MR) is 87.1 cm³/mol. The van der Waals surface area contributed by atoms with Gasteiger partial charge in [-0.15, -0.1) is 0 Å². The maximum atomic E-state index is 12.2. The SMILES string of the molecule is CC(C)(C)OC(=O)N1CCCC(NC(CO)c2ccco2)CC1. The van der Waals surface area contributed by atoms with Gasteiger partial charge in [0, 0.05) is 19.1 Å². The molecule has 0 radical (unpaired) electrons. The molecular weight excluding hydrogens is 296 g/mol. The van der Waals surface area contributed by atoms with E-state index in [1.807, 2.05) is 32.9 Å². The number of aliphatic hydroxyl groups is 1. The minimum Gasteiger partial charge on any atom is -0.468 e. The third-order valence-corrected chi connectivity index (χ3v) is 3.89. The normalized spacial score (nSPS) is 20.9. The van der Waals surface area contributed by atoms with Gasteiger partial charge in [0.1, 0.15) is 11.4 Å². The van der Waals surface area contributed by atoms with Gasteiger partial charge in [-0.2, -0.15) is 0 Å². The monoisotopic (exact) mass is 324 g/mol. The Balaban J connectivity index is 1.87. The van der Waals surface area contributed by atoms with Crippen LogP contribution >= 0.6 is 0 Å². The van der Waals surface area contributed by atoms with Crippen molar-refractivity contribution < 1.29 is 19.1 Å². The molecule has 0 bridgehead atoms. The first kappa shape index (κ1) is 17.8. The second-order valence-corrected chi connectivity index (χ2v) is 7.01. The highest BCUT2D eigenvalue weighted by molar-refractivity contribution is 5.68. The molecule has 1 saturated heterocycles. The summed E-state index contributed by atoms with van der Waals surface area (Å²) in [6.45, 7) is 6.98. The Hall–Kier alpha value is -1.53. The van der Waals surface area contributed by atoms with E-state index in [0.29, 0.717) is 13.1 Å². The molecular formula is C17H28N2O4. The van der Waals surface area contributed by atoms with Crippen molar-refractivity contribution in [2.24, 2.45) is 0 Å². The zero-order valence-electron chi connectivity index (χ0n) is 14.2. The summed E-state index contributed by atoms with van der Waals surface area (Å²) in [5.74, 6) is 0.737. The molecule has 2 atom stereocenters. The Morgan fingerprint density at radius 1 is 1.48 bits per heavy atom. The van der Waals surface area contributed by atoms with Crippen LogP contribution in [0.1, 0.15) is 51.8 Å². The van der Waals surface area contributed by atoms with Gasteiger partial charge in [0.25, 0.3) is 0 Å². The van der Waals surface area contributed by atoms with Crippen LogP contribution in [0, 0.1) is 0 Å². The molecule has 1 aromatic heterocycles. The van der Waals surface area contributed by atoms with Gasteiger partial charge in [0.2, 0.25) is 0 Å². The van der Waals surface area contributed by atoms with Gasteiger partial charge >= 0.3 is 6.09 Å². The molecule has 0 aromatic carbocycles. The van der Waals surface area contributed by atoms with Crippen molar-refractivity contribution in [3.05, 3.63) is 24.2 Å². The molecule has 1 fully saturated rings. The molecule has 0 aliphatic carbocycles. The lowest BCUT2D eigenvalue weighted by molar-refractivity contribution is 0.0255. The van der Waals surface area contributed by atoms with Crippen molar-refractivity contribution in [1.29, 1.82) is 0 Å². The van der Waals surface area contributed by atoms with Gasteiger partial charge in [-0.25, -0.2) is 4.79 Å². The maximum absolute atomic E-state index is 12.2. The molecule has 2 rings (SSSR count). The molecule has 23 heavy (non-hydrogen) atoms. The summed E-state index contributed by atoms with van der Waals surface area (Å²) >= 11 is 0. The van der Waals surface area contributed by atoms with Crippen LogP contribution in [0.15, 0.2) is 22.8 Å². The summed E-state index contributed by atoms with van der Waals surface area (Å²) in [5.41, 5.74) is -0.470. The van der Waals surface area contributed by atoms with Gasteiger partial charge < -0.3 is 24.5 Å². The van der Waals surface area contributed by atoms with E-state index in [1.54, 1.807) is 11.2 Å². The smallest absolute Gasteiger partial charge is 0.410 e. The van der Waals surface area contributed by atoms with E-state index in [0.717, 1.165) is 25.0 Å². The number of carbonyl (C=O) groups is 1. The molecule has 0 spiro atoms. The number of furan rings is 1. The van der Waals surface area contributed by atoms with Crippen molar-refractivity contribution in [2.45, 2.75) is 57.7 Å². The van der Waals surface area contributed by atoms with E-state index in [2.05, 4.69) is 5.32 Å². The lowest BCUT2D eigenvalue weighted by Gasteiger charge is -2.26. The lowest BCUT2D eigenvalue weighted by Crippen LogP contribution is -2.39. The number of nitrogens with one attached hydrogen (secondary N) is 1. The Labute approximate surface area is 137 Å². The van der Waals surface area contributed by atoms with Crippen LogP contribution < -0.4 is 5.32 Å². The van der Waals surface area contributed by atoms with Crippen LogP contribution in [0.3, 0.4) is 0 Å². The number of hydrogen-bond acceptors (Lipinski definition) is 5. The van der Waals surface area contributed by atoms with Crippen molar-refractivity contribution in [3.63, 3.8) is 0 Å². The minimum atomic E-state index is -0.470. The van der Waals surface area contributed by atoms with Crippen molar-refractivity contribution in [1.82, 2.24) is 10.2 Å². The molecule has 2 heterocycles. The zero-order valence-corrected chi connectivity index (χ0v) is 14.2. The van der Waals surface area contributed by atoms with Crippen LogP contribution in [0.5, 0.6) is 0 Å². The third kappa shape index (κ3) is 5.55. The van der Waals surface area contributed by atoms with E-state index in [9.17, 15) is 9.90 Å². The van der Waals surface area contributed by atoms with Crippen LogP contribution in [-0.4, -0.2) is 47.4 Å². The summed E-state index contributed by atoms with van der Waals surface area (Å²) in [6.07, 6.45) is 4.06. The number of nitrogens with zero attached hydrogens (tertiary/aromatic N) is 1. The van der Waals surface area contributed by atoms with Gasteiger partial charge in [-0.3, -0.25) is 0 Å². The van der Waals surface area contributed by atoms with Crippen LogP contribution in [0.2, 0.25) is 0 Å². The van der Waals surface area contributed by atoms with Gasteiger partial charge in [0.15, 0.2) is 0 Å². The van der Waals surface area contributed by atoms with Crippen LogP contribution in [0.25, 0.3) is 0 Å². The van der Waals surface area contributed by atoms with E-state index in [1.165, 1.54) is 0 Å². The van der Waals surface area contributed by atoms with Crippen molar-refractivity contribution in [3.8, 4) is 0 Å². The van der Waals surface area contributed by atoms with Crippen LogP contribution in [0.4, 0.5) is 4.79 Å². The Morgan fingerprint density at radius 2 is 2.26 bits per heavy atom. The predicted octanol–water partition coefficient (Wildman–Crippen LogP) is 2.69. The van der Waals surface area contributed by atoms with E-state index >= 15 is 0 Å². The van der Waals surface area contributed by atoms with Gasteiger partial charge in [-0.05, 0) is 52.2 Å². The molecule has 0 saturated carbocycles. The Bertz CT molecular complexity index is 481. The lowest BCUT2D eigenvalue weighted by atomic mass is 10.1. The standard InChI is InChI=1S/C17H28N2O4/c1-17(2,3)23-16(21)19-9-4-6-13(8-10-19)18-14(12-20)15-7-5-11-22-15/h5,7,11,13-14,18,20H,4,6,8-10,12H2,1-3H3. The number of carbonyl (C=O) groups excluding carboxylic acids is 1. The fraction of sp³-hybridized carbons (Fsp3) is 0.706. The number of rotatable bonds is 4. The number of ether oxygens (including phenoxy) is 1. The first-order valence-corrected chi connectivity index (χ1v) is 8.27. The Morgan fingerprint density at radius 3 is 2.87 bits per heavy atom. The summed E-state index contributed by atoms with van der Waals surface area (Å²) in [6, 6.07) is 3.71. The molecule has 2 unspecified atom stereocenters. The number of hydrogen-bond donors (Lipinski definition) is 2. The average Bonchev–Trinajstić information content (AvgIpc) is 2.89. The first-order chi connectivity index (χ1) is 10.9. The fourth-order valence-electron chi connectivity index (χ4n) is 2.77. The molecule has 1 aliphatic heterocycles.